The predicted octanol–water partition coefficient (Wildman–Crippen LogP) is 5.99. The Hall–Kier alpha value is -3.54. The molecule has 0 aliphatic carbocycles. The summed E-state index contributed by atoms with van der Waals surface area (Å²) in [5, 5.41) is 1.80. The number of hydrogen-bond acceptors (Lipinski definition) is 5. The molecule has 0 spiro atoms. The number of fused-ring (bicyclic) bond motifs is 2. The summed E-state index contributed by atoms with van der Waals surface area (Å²) in [5.41, 5.74) is 3.97. The molecule has 1 aliphatic rings. The predicted molar refractivity (Wildman–Crippen MR) is 138 cm³/mol. The van der Waals surface area contributed by atoms with Crippen molar-refractivity contribution in [1.82, 2.24) is 0 Å². The van der Waals surface area contributed by atoms with Crippen molar-refractivity contribution in [3.63, 3.8) is 0 Å². The van der Waals surface area contributed by atoms with Gasteiger partial charge in [-0.15, -0.1) is 0 Å². The molecule has 0 N–H and O–H groups in total. The molecular weight excluding hydrogens is 442 g/mol. The Balaban J connectivity index is 1.81. The van der Waals surface area contributed by atoms with Gasteiger partial charge in [0.25, 0.3) is 5.91 Å². The third-order valence-electron chi connectivity index (χ3n) is 5.91. The number of anilines is 1. The highest BCUT2D eigenvalue weighted by Crippen LogP contribution is 2.47. The second-order valence-electron chi connectivity index (χ2n) is 9.38. The summed E-state index contributed by atoms with van der Waals surface area (Å²) in [5.74, 6) is 0.957. The minimum atomic E-state index is -0.262. The Kier molecular flexibility index (Phi) is 7.01. The number of carbonyl (C=O) groups excluding carboxylic acids is 2. The van der Waals surface area contributed by atoms with Crippen LogP contribution >= 0.6 is 0 Å². The molecular formula is C29H33NO5. The first-order chi connectivity index (χ1) is 16.7. The number of esters is 1. The number of aryl methyl sites for hydroxylation is 1. The number of carbonyl (C=O) groups is 2. The molecule has 3 aromatic carbocycles. The number of hydrogen-bond donors (Lipinski definition) is 0. The summed E-state index contributed by atoms with van der Waals surface area (Å²) in [6, 6.07) is 13.6. The monoisotopic (exact) mass is 475 g/mol. The van der Waals surface area contributed by atoms with Crippen LogP contribution in [0.3, 0.4) is 0 Å². The van der Waals surface area contributed by atoms with E-state index in [4.69, 9.17) is 14.2 Å². The van der Waals surface area contributed by atoms with Crippen molar-refractivity contribution in [3.05, 3.63) is 64.7 Å². The van der Waals surface area contributed by atoms with Crippen molar-refractivity contribution in [2.75, 3.05) is 11.5 Å². The third-order valence-corrected chi connectivity index (χ3v) is 5.91. The van der Waals surface area contributed by atoms with Crippen LogP contribution in [0.5, 0.6) is 11.5 Å². The van der Waals surface area contributed by atoms with Gasteiger partial charge in [-0.1, -0.05) is 36.4 Å². The van der Waals surface area contributed by atoms with Gasteiger partial charge in [-0.3, -0.25) is 9.59 Å². The molecule has 3 aromatic rings. The maximum atomic E-state index is 13.9. The Morgan fingerprint density at radius 2 is 1.60 bits per heavy atom. The van der Waals surface area contributed by atoms with Gasteiger partial charge in [0.2, 0.25) is 0 Å². The minimum absolute atomic E-state index is 0.0487. The van der Waals surface area contributed by atoms with E-state index in [1.807, 2.05) is 77.1 Å². The van der Waals surface area contributed by atoms with Crippen molar-refractivity contribution < 1.29 is 23.8 Å². The molecule has 1 heterocycles. The van der Waals surface area contributed by atoms with Gasteiger partial charge in [0.05, 0.1) is 37.3 Å². The minimum Gasteiger partial charge on any atom is -0.490 e. The van der Waals surface area contributed by atoms with E-state index in [0.29, 0.717) is 24.5 Å². The SMILES string of the molecule is CCOC(=O)Cc1ccc(N2Cc3c(c(OC(C)C)c4ccccc4c3OC(C)C)C2=O)c(C)c1. The third kappa shape index (κ3) is 4.83. The van der Waals surface area contributed by atoms with Gasteiger partial charge in [0.15, 0.2) is 0 Å². The first-order valence-corrected chi connectivity index (χ1v) is 12.2. The summed E-state index contributed by atoms with van der Waals surface area (Å²) >= 11 is 0. The van der Waals surface area contributed by atoms with Gasteiger partial charge in [-0.05, 0) is 58.7 Å². The smallest absolute Gasteiger partial charge is 0.310 e. The fraction of sp³-hybridized carbons (Fsp3) is 0.379. The normalized spacial score (nSPS) is 13.0. The Morgan fingerprint density at radius 3 is 2.20 bits per heavy atom. The Morgan fingerprint density at radius 1 is 0.971 bits per heavy atom. The quantitative estimate of drug-likeness (QED) is 0.375. The molecule has 184 valence electrons. The molecule has 35 heavy (non-hydrogen) atoms. The van der Waals surface area contributed by atoms with Crippen LogP contribution in [0.15, 0.2) is 42.5 Å². The number of rotatable bonds is 8. The average Bonchev–Trinajstić information content (AvgIpc) is 3.12. The van der Waals surface area contributed by atoms with Crippen LogP contribution < -0.4 is 14.4 Å². The van der Waals surface area contributed by atoms with Crippen molar-refractivity contribution in [3.8, 4) is 11.5 Å². The molecule has 0 unspecified atom stereocenters. The lowest BCUT2D eigenvalue weighted by Gasteiger charge is -2.20. The first kappa shape index (κ1) is 24.6. The van der Waals surface area contributed by atoms with Crippen LogP contribution in [-0.2, 0) is 22.5 Å². The number of ether oxygens (including phenoxy) is 3. The van der Waals surface area contributed by atoms with Gasteiger partial charge < -0.3 is 19.1 Å². The fourth-order valence-corrected chi connectivity index (χ4v) is 4.60. The molecule has 6 heteroatoms. The van der Waals surface area contributed by atoms with Gasteiger partial charge in [0, 0.05) is 22.0 Å². The summed E-state index contributed by atoms with van der Waals surface area (Å²) in [6.45, 7) is 12.4. The van der Waals surface area contributed by atoms with E-state index in [1.165, 1.54) is 0 Å². The van der Waals surface area contributed by atoms with Crippen LogP contribution in [0.25, 0.3) is 10.8 Å². The van der Waals surface area contributed by atoms with Crippen LogP contribution in [0.1, 0.15) is 61.7 Å². The number of benzene rings is 3. The van der Waals surface area contributed by atoms with Crippen LogP contribution in [0.4, 0.5) is 5.69 Å². The summed E-state index contributed by atoms with van der Waals surface area (Å²) in [4.78, 5) is 27.6. The van der Waals surface area contributed by atoms with Crippen molar-refractivity contribution in [1.29, 1.82) is 0 Å². The van der Waals surface area contributed by atoms with Crippen molar-refractivity contribution in [2.24, 2.45) is 0 Å². The maximum Gasteiger partial charge on any atom is 0.310 e. The van der Waals surface area contributed by atoms with E-state index in [0.717, 1.165) is 38.9 Å². The lowest BCUT2D eigenvalue weighted by Crippen LogP contribution is -2.24. The summed E-state index contributed by atoms with van der Waals surface area (Å²) in [6.07, 6.45) is 0.0605. The van der Waals surface area contributed by atoms with E-state index >= 15 is 0 Å². The highest BCUT2D eigenvalue weighted by Gasteiger charge is 2.37. The summed E-state index contributed by atoms with van der Waals surface area (Å²) in [7, 11) is 0. The van der Waals surface area contributed by atoms with Gasteiger partial charge in [-0.25, -0.2) is 0 Å². The molecule has 0 aromatic heterocycles. The summed E-state index contributed by atoms with van der Waals surface area (Å²) < 4.78 is 17.6. The standard InChI is InChI=1S/C29H33NO5/c1-7-33-25(31)15-20-12-13-24(19(6)14-20)30-16-23-26(29(30)32)28(35-18(4)5)22-11-9-8-10-21(22)27(23)34-17(2)3/h8-14,17-18H,7,15-16H2,1-6H3. The second kappa shape index (κ2) is 9.98. The maximum absolute atomic E-state index is 13.9. The molecule has 1 amide bonds. The Labute approximate surface area is 206 Å². The van der Waals surface area contributed by atoms with Crippen LogP contribution in [0.2, 0.25) is 0 Å². The van der Waals surface area contributed by atoms with Crippen LogP contribution in [-0.4, -0.2) is 30.7 Å². The Bertz CT molecular complexity index is 1280. The molecule has 0 saturated heterocycles. The van der Waals surface area contributed by atoms with E-state index in [9.17, 15) is 9.59 Å². The highest BCUT2D eigenvalue weighted by atomic mass is 16.5. The lowest BCUT2D eigenvalue weighted by molar-refractivity contribution is -0.142. The van der Waals surface area contributed by atoms with E-state index in [-0.39, 0.29) is 30.5 Å². The molecule has 4 rings (SSSR count). The van der Waals surface area contributed by atoms with E-state index in [2.05, 4.69) is 0 Å². The van der Waals surface area contributed by atoms with Gasteiger partial charge >= 0.3 is 5.97 Å². The fourth-order valence-electron chi connectivity index (χ4n) is 4.60. The molecule has 0 saturated carbocycles. The lowest BCUT2D eigenvalue weighted by atomic mass is 9.99. The van der Waals surface area contributed by atoms with Crippen LogP contribution in [0, 0.1) is 6.92 Å². The molecule has 6 nitrogen and oxygen atoms in total. The molecule has 0 bridgehead atoms. The second-order valence-corrected chi connectivity index (χ2v) is 9.38. The molecule has 0 atom stereocenters. The van der Waals surface area contributed by atoms with Gasteiger partial charge in [-0.2, -0.15) is 0 Å². The topological polar surface area (TPSA) is 65.1 Å². The zero-order chi connectivity index (χ0) is 25.3. The zero-order valence-electron chi connectivity index (χ0n) is 21.3. The molecule has 0 fully saturated rings. The largest absolute Gasteiger partial charge is 0.490 e. The molecule has 0 radical (unpaired) electrons. The molecule has 1 aliphatic heterocycles. The highest BCUT2D eigenvalue weighted by molar-refractivity contribution is 6.17. The zero-order valence-corrected chi connectivity index (χ0v) is 21.3. The first-order valence-electron chi connectivity index (χ1n) is 12.2. The van der Waals surface area contributed by atoms with E-state index < -0.39 is 0 Å². The number of amides is 1. The van der Waals surface area contributed by atoms with Crippen molar-refractivity contribution >= 4 is 28.3 Å². The van der Waals surface area contributed by atoms with E-state index in [1.54, 1.807) is 11.8 Å². The average molecular weight is 476 g/mol. The number of nitrogens with zero attached hydrogens (tertiary/aromatic N) is 1. The van der Waals surface area contributed by atoms with Crippen molar-refractivity contribution in [2.45, 2.75) is 66.7 Å². The van der Waals surface area contributed by atoms with Gasteiger partial charge in [0.1, 0.15) is 11.5 Å².